The Morgan fingerprint density at radius 1 is 1.00 bits per heavy atom. The van der Waals surface area contributed by atoms with Gasteiger partial charge in [0.1, 0.15) is 11.5 Å². The van der Waals surface area contributed by atoms with E-state index in [1.807, 2.05) is 0 Å². The summed E-state index contributed by atoms with van der Waals surface area (Å²) in [5.41, 5.74) is -0.541. The molecular weight excluding hydrogens is 588 g/mol. The lowest BCUT2D eigenvalue weighted by Crippen LogP contribution is -2.51. The number of benzene rings is 3. The van der Waals surface area contributed by atoms with Crippen molar-refractivity contribution in [2.24, 2.45) is 4.99 Å². The number of nitrogens with one attached hydrogen (secondary N) is 1. The average molecular weight is 627 g/mol. The van der Waals surface area contributed by atoms with Crippen molar-refractivity contribution in [2.75, 3.05) is 46.8 Å². The highest BCUT2D eigenvalue weighted by molar-refractivity contribution is 7.91. The predicted molar refractivity (Wildman–Crippen MR) is 164 cm³/mol. The van der Waals surface area contributed by atoms with Crippen LogP contribution in [-0.2, 0) is 28.8 Å². The van der Waals surface area contributed by atoms with Gasteiger partial charge < -0.3 is 34.1 Å². The van der Waals surface area contributed by atoms with Gasteiger partial charge in [-0.2, -0.15) is 0 Å². The smallest absolute Gasteiger partial charge is 0.252 e. The number of nitrogens with zero attached hydrogens (tertiary/aromatic N) is 1. The topological polar surface area (TPSA) is 142 Å². The van der Waals surface area contributed by atoms with E-state index in [2.05, 4.69) is 5.32 Å². The Hall–Kier alpha value is -3.97. The summed E-state index contributed by atoms with van der Waals surface area (Å²) in [7, 11) is 0.644. The van der Waals surface area contributed by atoms with Crippen LogP contribution in [0.1, 0.15) is 30.1 Å². The average Bonchev–Trinajstić information content (AvgIpc) is 3.46. The number of hydrogen-bond acceptors (Lipinski definition) is 10. The number of rotatable bonds is 16. The van der Waals surface area contributed by atoms with E-state index < -0.39 is 33.7 Å². The number of carbonyl (C=O) groups is 1. The zero-order valence-corrected chi connectivity index (χ0v) is 25.8. The van der Waals surface area contributed by atoms with Gasteiger partial charge in [-0.05, 0) is 54.1 Å². The molecule has 1 aliphatic rings. The highest BCUT2D eigenvalue weighted by Gasteiger charge is 2.53. The van der Waals surface area contributed by atoms with E-state index in [-0.39, 0.29) is 36.1 Å². The van der Waals surface area contributed by atoms with E-state index in [0.717, 1.165) is 0 Å². The molecular formula is C32H38N2O9S. The standard InChI is InChI=1S/C32H38N2O9S/c1-39-26-10-7-9-24(21-26)29-32(31(36)33-22-28(40-2)41-3,17-20-44(37,38)27-11-5-4-6-12-27)34-30(43-29)23-13-15-25(16-14-23)42-19-8-18-35/h4-7,9-16,21,28-29,35H,8,17-20,22H2,1-3H3,(H,33,36)/t29-,32-/m1/s1. The zero-order valence-electron chi connectivity index (χ0n) is 25.0. The monoisotopic (exact) mass is 626 g/mol. The Morgan fingerprint density at radius 2 is 1.73 bits per heavy atom. The molecule has 2 atom stereocenters. The van der Waals surface area contributed by atoms with E-state index in [9.17, 15) is 13.2 Å². The van der Waals surface area contributed by atoms with E-state index in [0.29, 0.717) is 35.7 Å². The molecule has 1 aliphatic heterocycles. The number of aliphatic hydroxyl groups is 1. The number of methoxy groups -OCH3 is 3. The number of amides is 1. The third-order valence-corrected chi connectivity index (χ3v) is 8.97. The summed E-state index contributed by atoms with van der Waals surface area (Å²) in [6, 6.07) is 22.1. The summed E-state index contributed by atoms with van der Waals surface area (Å²) in [6.45, 7) is 0.372. The minimum atomic E-state index is -3.79. The summed E-state index contributed by atoms with van der Waals surface area (Å²) in [5, 5.41) is 11.9. The first-order chi connectivity index (χ1) is 21.3. The molecule has 11 nitrogen and oxygen atoms in total. The van der Waals surface area contributed by atoms with Gasteiger partial charge >= 0.3 is 0 Å². The van der Waals surface area contributed by atoms with Crippen molar-refractivity contribution in [1.82, 2.24) is 5.32 Å². The van der Waals surface area contributed by atoms with Crippen LogP contribution in [0.5, 0.6) is 11.5 Å². The third kappa shape index (κ3) is 7.75. The minimum Gasteiger partial charge on any atom is -0.497 e. The molecule has 4 rings (SSSR count). The molecule has 0 spiro atoms. The molecule has 0 saturated heterocycles. The number of aliphatic hydroxyl groups excluding tert-OH is 1. The molecule has 3 aromatic rings. The first kappa shape index (κ1) is 32.9. The van der Waals surface area contributed by atoms with Crippen LogP contribution in [0.4, 0.5) is 0 Å². The molecule has 0 radical (unpaired) electrons. The molecule has 0 saturated carbocycles. The van der Waals surface area contributed by atoms with Gasteiger partial charge in [0.2, 0.25) is 5.90 Å². The second-order valence-electron chi connectivity index (χ2n) is 10.1. The molecule has 44 heavy (non-hydrogen) atoms. The third-order valence-electron chi connectivity index (χ3n) is 7.24. The molecule has 1 amide bonds. The van der Waals surface area contributed by atoms with Crippen LogP contribution in [-0.4, -0.2) is 84.0 Å². The molecule has 2 N–H and O–H groups in total. The molecule has 0 aromatic heterocycles. The van der Waals surface area contributed by atoms with Crippen LogP contribution in [0.15, 0.2) is 88.8 Å². The van der Waals surface area contributed by atoms with Crippen molar-refractivity contribution in [3.8, 4) is 11.5 Å². The maximum Gasteiger partial charge on any atom is 0.252 e. The molecule has 0 bridgehead atoms. The number of carbonyl (C=O) groups excluding carboxylic acids is 1. The van der Waals surface area contributed by atoms with Crippen molar-refractivity contribution < 1.29 is 42.0 Å². The highest BCUT2D eigenvalue weighted by Crippen LogP contribution is 2.43. The van der Waals surface area contributed by atoms with E-state index >= 15 is 0 Å². The fourth-order valence-corrected chi connectivity index (χ4v) is 6.19. The lowest BCUT2D eigenvalue weighted by molar-refractivity contribution is -0.134. The number of aliphatic imine (C=N–C) groups is 1. The summed E-state index contributed by atoms with van der Waals surface area (Å²) >= 11 is 0. The van der Waals surface area contributed by atoms with Crippen LogP contribution in [0.2, 0.25) is 0 Å². The summed E-state index contributed by atoms with van der Waals surface area (Å²) in [6.07, 6.45) is -1.42. The van der Waals surface area contributed by atoms with Gasteiger partial charge in [-0.1, -0.05) is 30.3 Å². The maximum atomic E-state index is 14.2. The molecule has 3 aromatic carbocycles. The Balaban J connectivity index is 1.78. The van der Waals surface area contributed by atoms with Crippen molar-refractivity contribution >= 4 is 21.6 Å². The second kappa shape index (κ2) is 15.2. The number of ether oxygens (including phenoxy) is 5. The molecule has 0 unspecified atom stereocenters. The van der Waals surface area contributed by atoms with Crippen LogP contribution in [0, 0.1) is 0 Å². The summed E-state index contributed by atoms with van der Waals surface area (Å²) in [5.74, 6) is 0.372. The Labute approximate surface area is 257 Å². The molecule has 12 heteroatoms. The van der Waals surface area contributed by atoms with Crippen LogP contribution in [0.3, 0.4) is 0 Å². The SMILES string of the molecule is COc1cccc([C@H]2OC(c3ccc(OCCCO)cc3)=N[C@@]2(CCS(=O)(=O)c2ccccc2)C(=O)NCC(OC)OC)c1. The van der Waals surface area contributed by atoms with Gasteiger partial charge in [0.05, 0.1) is 30.9 Å². The van der Waals surface area contributed by atoms with Crippen molar-refractivity contribution in [2.45, 2.75) is 35.7 Å². The molecule has 236 valence electrons. The summed E-state index contributed by atoms with van der Waals surface area (Å²) < 4.78 is 54.9. The zero-order chi connectivity index (χ0) is 31.6. The van der Waals surface area contributed by atoms with Crippen molar-refractivity contribution in [1.29, 1.82) is 0 Å². The molecule has 0 fully saturated rings. The van der Waals surface area contributed by atoms with E-state index in [1.54, 1.807) is 66.7 Å². The molecule has 1 heterocycles. The largest absolute Gasteiger partial charge is 0.497 e. The van der Waals surface area contributed by atoms with Crippen molar-refractivity contribution in [3.63, 3.8) is 0 Å². The van der Waals surface area contributed by atoms with Crippen LogP contribution in [0.25, 0.3) is 0 Å². The quantitative estimate of drug-likeness (QED) is 0.181. The maximum absolute atomic E-state index is 14.2. The van der Waals surface area contributed by atoms with Crippen LogP contribution < -0.4 is 14.8 Å². The normalized spacial score (nSPS) is 18.0. The number of sulfone groups is 1. The lowest BCUT2D eigenvalue weighted by Gasteiger charge is -2.31. The van der Waals surface area contributed by atoms with Gasteiger partial charge in [-0.15, -0.1) is 0 Å². The first-order valence-corrected chi connectivity index (χ1v) is 15.8. The van der Waals surface area contributed by atoms with E-state index in [1.165, 1.54) is 33.5 Å². The summed E-state index contributed by atoms with van der Waals surface area (Å²) in [4.78, 5) is 19.2. The highest BCUT2D eigenvalue weighted by atomic mass is 32.2. The predicted octanol–water partition coefficient (Wildman–Crippen LogP) is 3.31. The minimum absolute atomic E-state index is 0.00538. The Bertz CT molecular complexity index is 1510. The number of hydrogen-bond donors (Lipinski definition) is 2. The lowest BCUT2D eigenvalue weighted by atomic mass is 9.85. The second-order valence-corrected chi connectivity index (χ2v) is 12.2. The van der Waals surface area contributed by atoms with Crippen LogP contribution >= 0.6 is 0 Å². The Morgan fingerprint density at radius 3 is 2.39 bits per heavy atom. The molecule has 0 aliphatic carbocycles. The van der Waals surface area contributed by atoms with Gasteiger partial charge in [0, 0.05) is 39.2 Å². The van der Waals surface area contributed by atoms with Gasteiger partial charge in [-0.3, -0.25) is 4.79 Å². The fraction of sp³-hybridized carbons (Fsp3) is 0.375. The van der Waals surface area contributed by atoms with E-state index in [4.69, 9.17) is 33.8 Å². The first-order valence-electron chi connectivity index (χ1n) is 14.1. The van der Waals surface area contributed by atoms with Gasteiger partial charge in [0.25, 0.3) is 5.91 Å². The Kier molecular flexibility index (Phi) is 11.3. The van der Waals surface area contributed by atoms with Gasteiger partial charge in [-0.25, -0.2) is 13.4 Å². The van der Waals surface area contributed by atoms with Gasteiger partial charge in [0.15, 0.2) is 27.8 Å². The van der Waals surface area contributed by atoms with Crippen molar-refractivity contribution in [3.05, 3.63) is 90.0 Å². The fourth-order valence-electron chi connectivity index (χ4n) is 4.80.